The van der Waals surface area contributed by atoms with E-state index in [1.54, 1.807) is 24.7 Å². The van der Waals surface area contributed by atoms with Crippen LogP contribution in [0.4, 0.5) is 5.95 Å². The van der Waals surface area contributed by atoms with E-state index >= 15 is 0 Å². The predicted molar refractivity (Wildman–Crippen MR) is 147 cm³/mol. The van der Waals surface area contributed by atoms with Gasteiger partial charge < -0.3 is 24.6 Å². The lowest BCUT2D eigenvalue weighted by molar-refractivity contribution is -0.219. The number of fused-ring (bicyclic) bond motifs is 2. The molecule has 4 atom stereocenters. The van der Waals surface area contributed by atoms with E-state index in [0.29, 0.717) is 23.7 Å². The fraction of sp³-hybridized carbons (Fsp3) is 0.379. The smallest absolute Gasteiger partial charge is 0.273 e. The normalized spacial score (nSPS) is 23.4. The number of benzene rings is 2. The van der Waals surface area contributed by atoms with E-state index in [2.05, 4.69) is 39.6 Å². The third kappa shape index (κ3) is 4.81. The first-order chi connectivity index (χ1) is 19.4. The zero-order valence-corrected chi connectivity index (χ0v) is 22.5. The predicted octanol–water partition coefficient (Wildman–Crippen LogP) is 2.79. The summed E-state index contributed by atoms with van der Waals surface area (Å²) in [6, 6.07) is 20.5. The summed E-state index contributed by atoms with van der Waals surface area (Å²) in [6.45, 7) is 6.13. The summed E-state index contributed by atoms with van der Waals surface area (Å²) in [4.78, 5) is 27.3. The van der Waals surface area contributed by atoms with Crippen LogP contribution < -0.4 is 10.3 Å². The topological polar surface area (TPSA) is 124 Å². The number of amides is 1. The molecule has 1 amide bonds. The maximum atomic E-state index is 14.0. The zero-order valence-electron chi connectivity index (χ0n) is 22.5. The van der Waals surface area contributed by atoms with Crippen molar-refractivity contribution in [3.8, 4) is 0 Å². The highest BCUT2D eigenvalue weighted by molar-refractivity contribution is 5.93. The van der Waals surface area contributed by atoms with Crippen molar-refractivity contribution in [3.63, 3.8) is 0 Å². The molecule has 0 bridgehead atoms. The van der Waals surface area contributed by atoms with E-state index in [1.807, 2.05) is 43.3 Å². The summed E-state index contributed by atoms with van der Waals surface area (Å²) in [7, 11) is 0. The van der Waals surface area contributed by atoms with Gasteiger partial charge in [0.25, 0.3) is 5.91 Å². The molecule has 2 aliphatic heterocycles. The van der Waals surface area contributed by atoms with Crippen LogP contribution in [-0.4, -0.2) is 74.1 Å². The van der Waals surface area contributed by atoms with Crippen LogP contribution in [0.1, 0.15) is 37.8 Å². The third-order valence-electron chi connectivity index (χ3n) is 7.24. The van der Waals surface area contributed by atoms with Gasteiger partial charge in [-0.15, -0.1) is 0 Å². The first kappa shape index (κ1) is 26.3. The van der Waals surface area contributed by atoms with Gasteiger partial charge in [0.1, 0.15) is 24.1 Å². The van der Waals surface area contributed by atoms with Crippen LogP contribution in [0.3, 0.4) is 0 Å². The molecule has 208 valence electrons. The van der Waals surface area contributed by atoms with E-state index in [9.17, 15) is 9.90 Å². The lowest BCUT2D eigenvalue weighted by Gasteiger charge is -2.29. The molecule has 0 saturated carbocycles. The molecule has 2 aromatic heterocycles. The summed E-state index contributed by atoms with van der Waals surface area (Å²) in [5, 5.41) is 15.4. The van der Waals surface area contributed by atoms with Crippen molar-refractivity contribution >= 4 is 23.0 Å². The van der Waals surface area contributed by atoms with Crippen LogP contribution in [0.2, 0.25) is 0 Å². The van der Waals surface area contributed by atoms with E-state index < -0.39 is 36.3 Å². The lowest BCUT2D eigenvalue weighted by atomic mass is 9.91. The zero-order chi connectivity index (χ0) is 27.9. The molecule has 0 aliphatic carbocycles. The number of aliphatic hydroxyl groups is 1. The van der Waals surface area contributed by atoms with Crippen molar-refractivity contribution in [1.82, 2.24) is 19.6 Å². The number of carbonyl (C=O) groups excluding carboxylic acids is 1. The molecule has 4 aromatic rings. The van der Waals surface area contributed by atoms with Crippen molar-refractivity contribution in [2.75, 3.05) is 23.4 Å². The van der Waals surface area contributed by atoms with Crippen LogP contribution in [0.15, 0.2) is 73.2 Å². The molecule has 2 aromatic carbocycles. The van der Waals surface area contributed by atoms with Crippen LogP contribution in [-0.2, 0) is 19.0 Å². The highest BCUT2D eigenvalue weighted by Gasteiger charge is 2.58. The Morgan fingerprint density at radius 1 is 1.07 bits per heavy atom. The van der Waals surface area contributed by atoms with Gasteiger partial charge in [-0.1, -0.05) is 60.7 Å². The Kier molecular flexibility index (Phi) is 6.97. The fourth-order valence-corrected chi connectivity index (χ4v) is 5.47. The summed E-state index contributed by atoms with van der Waals surface area (Å²) in [5.74, 6) is -0.894. The molecule has 2 N–H and O–H groups in total. The molecule has 0 spiro atoms. The Morgan fingerprint density at radius 2 is 1.73 bits per heavy atom. The maximum absolute atomic E-state index is 14.0. The van der Waals surface area contributed by atoms with Crippen LogP contribution in [0, 0.1) is 0 Å². The van der Waals surface area contributed by atoms with E-state index in [-0.39, 0.29) is 12.5 Å². The number of aromatic nitrogens is 4. The second-order valence-corrected chi connectivity index (χ2v) is 10.3. The first-order valence-electron chi connectivity index (χ1n) is 13.4. The molecule has 2 aliphatic rings. The van der Waals surface area contributed by atoms with E-state index in [1.165, 1.54) is 11.3 Å². The second kappa shape index (κ2) is 10.6. The van der Waals surface area contributed by atoms with Gasteiger partial charge in [-0.2, -0.15) is 4.68 Å². The largest absolute Gasteiger partial charge is 0.366 e. The number of imidazole rings is 1. The van der Waals surface area contributed by atoms with Crippen LogP contribution in [0.25, 0.3) is 11.2 Å². The number of rotatable bonds is 8. The average Bonchev–Trinajstić information content (AvgIpc) is 3.59. The Labute approximate surface area is 231 Å². The minimum absolute atomic E-state index is 0.0212. The summed E-state index contributed by atoms with van der Waals surface area (Å²) in [5.41, 5.74) is 3.28. The van der Waals surface area contributed by atoms with Gasteiger partial charge in [0.15, 0.2) is 23.8 Å². The number of hydrogen-bond donors (Lipinski definition) is 2. The molecular weight excluding hydrogens is 512 g/mol. The number of carbonyl (C=O) groups is 1. The molecule has 2 saturated heterocycles. The Morgan fingerprint density at radius 3 is 2.38 bits per heavy atom. The van der Waals surface area contributed by atoms with Gasteiger partial charge in [-0.25, -0.2) is 20.0 Å². The monoisotopic (exact) mass is 544 g/mol. The van der Waals surface area contributed by atoms with E-state index in [0.717, 1.165) is 11.1 Å². The molecule has 0 radical (unpaired) electrons. The van der Waals surface area contributed by atoms with Crippen LogP contribution in [0.5, 0.6) is 0 Å². The van der Waals surface area contributed by atoms with Crippen molar-refractivity contribution in [1.29, 1.82) is 0 Å². The number of likely N-dealkylation sites (N-methyl/N-ethyl adjacent to an activating group) is 1. The molecule has 11 nitrogen and oxygen atoms in total. The minimum Gasteiger partial charge on any atom is -0.366 e. The molecule has 40 heavy (non-hydrogen) atoms. The van der Waals surface area contributed by atoms with Gasteiger partial charge >= 0.3 is 0 Å². The molecule has 11 heteroatoms. The van der Waals surface area contributed by atoms with Gasteiger partial charge in [-0.3, -0.25) is 4.79 Å². The number of nitrogens with one attached hydrogen (secondary N) is 1. The number of aliphatic hydroxyl groups excluding tert-OH is 1. The van der Waals surface area contributed by atoms with Crippen molar-refractivity contribution < 1.29 is 24.1 Å². The number of nitrogens with zero attached hydrogens (tertiary/aromatic N) is 5. The van der Waals surface area contributed by atoms with Gasteiger partial charge in [-0.05, 0) is 31.9 Å². The third-order valence-corrected chi connectivity index (χ3v) is 7.24. The van der Waals surface area contributed by atoms with Gasteiger partial charge in [0, 0.05) is 19.0 Å². The van der Waals surface area contributed by atoms with Gasteiger partial charge in [0.2, 0.25) is 5.95 Å². The lowest BCUT2D eigenvalue weighted by Crippen LogP contribution is -2.50. The summed E-state index contributed by atoms with van der Waals surface area (Å²) in [6.07, 6.45) is -0.850. The average molecular weight is 545 g/mol. The molecule has 0 unspecified atom stereocenters. The fourth-order valence-electron chi connectivity index (χ4n) is 5.47. The SMILES string of the molecule is CCN(C(=O)[C@H]1O[C@@H](O)[C@@H]2OC(C)(C)O[C@@H]21)n1c(NCC(c2ccccc2)c2ccccc2)nc2cncnc21. The standard InChI is InChI=1S/C29H32N6O5/c1-4-34(26(36)23-22-24(27(37)38-23)40-29(2,3)39-22)35-25-21(16-30-17-32-25)33-28(35)31-15-20(18-11-7-5-8-12-18)19-13-9-6-10-14-19/h5-14,16-17,20,22-24,27,37H,4,15H2,1-3H3,(H,31,33)/t22-,23+,24-,27-/m1/s1. The summed E-state index contributed by atoms with van der Waals surface area (Å²) >= 11 is 0. The Balaban J connectivity index is 1.34. The second-order valence-electron chi connectivity index (χ2n) is 10.3. The van der Waals surface area contributed by atoms with Crippen molar-refractivity contribution in [2.24, 2.45) is 0 Å². The number of hydrogen-bond acceptors (Lipinski definition) is 9. The molecule has 4 heterocycles. The highest BCUT2D eigenvalue weighted by atomic mass is 16.8. The van der Waals surface area contributed by atoms with Gasteiger partial charge in [0.05, 0.1) is 6.20 Å². The first-order valence-corrected chi connectivity index (χ1v) is 13.4. The number of anilines is 1. The Bertz CT molecular complexity index is 1440. The van der Waals surface area contributed by atoms with Crippen LogP contribution >= 0.6 is 0 Å². The Hall–Kier alpha value is -3.90. The maximum Gasteiger partial charge on any atom is 0.273 e. The molecule has 2 fully saturated rings. The van der Waals surface area contributed by atoms with Crippen molar-refractivity contribution in [2.45, 2.75) is 57.1 Å². The summed E-state index contributed by atoms with van der Waals surface area (Å²) < 4.78 is 19.1. The minimum atomic E-state index is -1.28. The highest BCUT2D eigenvalue weighted by Crippen LogP contribution is 2.38. The van der Waals surface area contributed by atoms with E-state index in [4.69, 9.17) is 19.2 Å². The molecular formula is C29H32N6O5. The molecule has 6 rings (SSSR count). The van der Waals surface area contributed by atoms with Crippen molar-refractivity contribution in [3.05, 3.63) is 84.3 Å². The number of ether oxygens (including phenoxy) is 3. The quantitative estimate of drug-likeness (QED) is 0.345.